The molecule has 3 N–H and O–H groups in total. The van der Waals surface area contributed by atoms with Crippen molar-refractivity contribution in [1.29, 1.82) is 0 Å². The first-order chi connectivity index (χ1) is 66.6. The fourth-order valence-corrected chi connectivity index (χ4v) is 18.3. The van der Waals surface area contributed by atoms with Crippen molar-refractivity contribution in [3.63, 3.8) is 0 Å². The molecule has 0 saturated carbocycles. The predicted molar refractivity (Wildman–Crippen MR) is 626 cm³/mol. The number of aromatic nitrogens is 10. The molecule has 23 nitrogen and oxygen atoms in total. The quantitative estimate of drug-likeness (QED) is 0.0123. The Morgan fingerprint density at radius 1 is 0.315 bits per heavy atom. The van der Waals surface area contributed by atoms with Crippen LogP contribution in [0.2, 0.25) is 0 Å². The van der Waals surface area contributed by atoms with Crippen LogP contribution in [-0.2, 0) is 100 Å². The number of H-pyrrole nitrogens is 1. The first-order valence-corrected chi connectivity index (χ1v) is 72.3. The van der Waals surface area contributed by atoms with Crippen molar-refractivity contribution in [2.45, 2.75) is 103 Å². The molecule has 0 aliphatic carbocycles. The van der Waals surface area contributed by atoms with E-state index in [1.807, 2.05) is 168 Å². The number of rotatable bonds is 37. The van der Waals surface area contributed by atoms with Gasteiger partial charge in [0.05, 0.1) is 26.4 Å². The van der Waals surface area contributed by atoms with Gasteiger partial charge in [-0.2, -0.15) is 0 Å². The smallest absolute Gasteiger partial charge is 0 e. The Morgan fingerprint density at radius 3 is 0.671 bits per heavy atom. The zero-order chi connectivity index (χ0) is 100. The van der Waals surface area contributed by atoms with Crippen molar-refractivity contribution in [2.75, 3.05) is 121 Å². The van der Waals surface area contributed by atoms with E-state index in [-0.39, 0.29) is 168 Å². The average Bonchev–Trinajstić information content (AvgIpc) is 0.848. The van der Waals surface area contributed by atoms with E-state index >= 15 is 0 Å². The van der Waals surface area contributed by atoms with E-state index in [4.69, 9.17) is 27.9 Å². The largest absolute Gasteiger partial charge is 1.00 e. The molecule has 14 aromatic rings. The van der Waals surface area contributed by atoms with Crippen molar-refractivity contribution < 1.29 is 218 Å². The maximum atomic E-state index is 12.7. The molecule has 0 unspecified atom stereocenters. The summed E-state index contributed by atoms with van der Waals surface area (Å²) in [6.07, 6.45) is 40.7. The van der Waals surface area contributed by atoms with E-state index < -0.39 is 22.8 Å². The van der Waals surface area contributed by atoms with Gasteiger partial charge in [-0.3, -0.25) is 18.7 Å². The molecule has 0 aliphatic rings. The number of nitrogens with one attached hydrogen (secondary N) is 1. The summed E-state index contributed by atoms with van der Waals surface area (Å²) in [5.74, 6) is 0. The van der Waals surface area contributed by atoms with Gasteiger partial charge in [0.1, 0.15) is 18.5 Å². The molecule has 0 spiro atoms. The summed E-state index contributed by atoms with van der Waals surface area (Å²) in [4.78, 5) is 33.3. The number of nitrogens with zero attached hydrogens (tertiary/aromatic N) is 13. The molecule has 14 rings (SSSR count). The van der Waals surface area contributed by atoms with Crippen molar-refractivity contribution in [2.24, 2.45) is 0 Å². The van der Waals surface area contributed by atoms with Crippen LogP contribution in [0.15, 0.2) is 342 Å². The molecule has 0 fully saturated rings. The van der Waals surface area contributed by atoms with E-state index in [0.29, 0.717) is 71.6 Å². The molecular formula is C105H136BBr8Cl3I6N14O9P3. The third kappa shape index (κ3) is 60.8. The van der Waals surface area contributed by atoms with Gasteiger partial charge in [0.25, 0.3) is 0 Å². The van der Waals surface area contributed by atoms with Gasteiger partial charge < -0.3 is 170 Å². The summed E-state index contributed by atoms with van der Waals surface area (Å²) < 4.78 is 74.2. The van der Waals surface area contributed by atoms with E-state index in [2.05, 4.69) is 430 Å². The van der Waals surface area contributed by atoms with Gasteiger partial charge in [-0.1, -0.05) is 152 Å². The van der Waals surface area contributed by atoms with Crippen LogP contribution >= 0.6 is 169 Å². The first kappa shape index (κ1) is 155. The van der Waals surface area contributed by atoms with Crippen LogP contribution in [0, 0.1) is 0 Å². The maximum Gasteiger partial charge on any atom is 0 e. The van der Waals surface area contributed by atoms with Gasteiger partial charge in [0, 0.05) is 290 Å². The number of hydrogen-bond donors (Lipinski definition) is 2. The average molecular weight is 3350 g/mol. The molecule has 10 aromatic heterocycles. The second-order valence-corrected chi connectivity index (χ2v) is 56.3. The van der Waals surface area contributed by atoms with E-state index in [1.54, 1.807) is 17.0 Å². The van der Waals surface area contributed by atoms with E-state index in [0.717, 1.165) is 82.1 Å². The number of alkyl halides is 3. The van der Waals surface area contributed by atoms with Crippen molar-refractivity contribution in [1.82, 2.24) is 4.98 Å². The Labute approximate surface area is 1050 Å². The number of hydrogen-bond acceptors (Lipinski definition) is 12. The maximum absolute atomic E-state index is 12.7. The molecule has 0 bridgehead atoms. The summed E-state index contributed by atoms with van der Waals surface area (Å²) in [6, 6.07) is 76.1. The Bertz CT molecular complexity index is 5890. The van der Waals surface area contributed by atoms with Crippen LogP contribution in [0.1, 0.15) is 79.6 Å². The minimum absolute atomic E-state index is 0. The molecule has 0 aliphatic heterocycles. The summed E-state index contributed by atoms with van der Waals surface area (Å²) in [7, 11) is 6.32. The van der Waals surface area contributed by atoms with Crippen molar-refractivity contribution in [3.8, 4) is 33.4 Å². The Balaban J connectivity index is -0.000000575. The molecule has 149 heavy (non-hydrogen) atoms. The molecule has 3 radical (unpaired) electrons. The summed E-state index contributed by atoms with van der Waals surface area (Å²) >= 11 is 19.8. The number of halogens is 17. The van der Waals surface area contributed by atoms with Crippen LogP contribution in [0.4, 0.5) is 22.7 Å². The summed E-state index contributed by atoms with van der Waals surface area (Å²) in [5, 5.41) is 2.79. The van der Waals surface area contributed by atoms with Crippen LogP contribution in [0.5, 0.6) is 0 Å². The number of pyridine rings is 10. The van der Waals surface area contributed by atoms with Crippen LogP contribution in [-0.4, -0.2) is 124 Å². The minimum Gasteiger partial charge on any atom is -1.00 e. The van der Waals surface area contributed by atoms with Gasteiger partial charge in [0.2, 0.25) is 0 Å². The van der Waals surface area contributed by atoms with Gasteiger partial charge in [0.15, 0.2) is 164 Å². The first-order valence-electron chi connectivity index (χ1n) is 44.9. The Hall–Kier alpha value is -2.82. The number of anilines is 4. The standard InChI is InChI=1S/C31H40N4O3P.C27H30N4O3P.C16H22N2O3P.C15H18BrN2.C8H8Br2.C7H10N2.CH4.B.5BrH.3ClH.I3.I2.HI/c1-5-37-39(36,38-6-2)24-23-33-17-11-29(12-18-33)30-13-19-34(20-14-30)25-27-7-9-28(10-8-27)26-35-21-15-31(16-22-35)32(3)4;1-28(2)27-11-17-31(18-12-27)22-24-5-3-23(4-6-24)21-30-15-9-26(10-16-30)25-7-13-29(14-8-25)19-20-35(32,33)34;1-3-20-22(19,21-4-2)14-13-18-11-7-16(8-12-18)15-5-9-17-10-6-15;1-17(2)15-7-9-18(10-8-15)12-14-5-3-13(11-16)4-6-14;9-5-7-1-2-8(6-10)4-3-7;1-9(2)7-3-5-8-6-4-7;;;;;;;;;;;1-3-2;1-2;/h7-22H,5-6,23-26H2,1-4H3;3-18H,19-22H2,1-2H3;5-12H,3-4,13-14H2,1-2H3;3-10H,11-12H2,1-2H3;1-4H,5-6H2;3-6H,1-2H3;1H4;;8*1H;;;1H/q+3;3*+1;;;;;;;;;;;;;-1;;/p-5. The second kappa shape index (κ2) is 87.1. The summed E-state index contributed by atoms with van der Waals surface area (Å²) in [6.45, 7) is 14.5. The van der Waals surface area contributed by atoms with E-state index in [9.17, 15) is 13.7 Å². The van der Waals surface area contributed by atoms with E-state index in [1.165, 1.54) is 67.3 Å². The molecular weight excluding hydrogens is 3210 g/mol. The SMILES string of the molecule is BrCc1ccc(CBr)cc1.C.CCOP(=O)(CC[n+]1ccc(-c2cc[n+](Cc3ccc(C[n+]4ccc(N(C)C)cc4)cc3)cc2)cc1)OCC.CCOP(=O)(CC[n+]1ccc(-c2cc[nH+]cc2)cc1)OCC.CN(C)c1cc[n+](Cc2ccc(CBr)cc2)cc1.CN(C)c1cc[n+](Cc2ccc(C[n+]3ccc(-c4cc[n+](CCP(=O)(O)O)cc4)cc3)cc2)cc1.CN(C)c1ccncc1.I.II.I[I-]I.[B].[Br-].[Br-].[Br-].[Br-].[Br-].[Cl-].[Cl-].[Cl-]. The molecule has 0 saturated heterocycles. The summed E-state index contributed by atoms with van der Waals surface area (Å²) in [5.41, 5.74) is 21.9. The monoisotopic (exact) mass is 3340 g/mol. The molecule has 0 amide bonds. The number of benzene rings is 4. The molecule has 4 aromatic carbocycles. The third-order valence-corrected chi connectivity index (χ3v) is 27.9. The fourth-order valence-electron chi connectivity index (χ4n) is 13.5. The van der Waals surface area contributed by atoms with Crippen LogP contribution in [0.25, 0.3) is 33.4 Å². The third-order valence-electron chi connectivity index (χ3n) is 21.1. The Kier molecular flexibility index (Phi) is 90.3. The molecule has 44 heteroatoms. The van der Waals surface area contributed by atoms with Gasteiger partial charge in [-0.15, -0.1) is 24.0 Å². The van der Waals surface area contributed by atoms with Crippen LogP contribution < -0.4 is 197 Å². The normalized spacial score (nSPS) is 10.0. The Morgan fingerprint density at radius 2 is 0.490 bits per heavy atom. The fraction of sp³-hybridized carbons (Fsp3) is 0.295. The minimum atomic E-state index is -3.99. The van der Waals surface area contributed by atoms with Crippen LogP contribution in [0.3, 0.4) is 0 Å². The topological polar surface area (TPSA) is 200 Å². The van der Waals surface area contributed by atoms with Gasteiger partial charge >= 0.3 is 73.3 Å². The van der Waals surface area contributed by atoms with Gasteiger partial charge in [-0.25, -0.2) is 41.5 Å². The van der Waals surface area contributed by atoms with Gasteiger partial charge in [-0.05, 0) is 89.9 Å². The molecule has 817 valence electrons. The predicted octanol–water partition coefficient (Wildman–Crippen LogP) is -5.02. The second-order valence-electron chi connectivity index (χ2n) is 32.2. The zero-order valence-corrected chi connectivity index (χ0v) is 115. The van der Waals surface area contributed by atoms with Crippen molar-refractivity contribution >= 4 is 200 Å². The number of aromatic amines is 1. The molecule has 0 atom stereocenters. The van der Waals surface area contributed by atoms with Crippen molar-refractivity contribution in [3.05, 3.63) is 387 Å². The molecule has 10 heterocycles. The zero-order valence-electron chi connectivity index (χ0n) is 84.5. The number of aryl methyl sites for hydroxylation is 3.